The van der Waals surface area contributed by atoms with Crippen LogP contribution in [0.4, 0.5) is 0 Å². The monoisotopic (exact) mass is 428 g/mol. The van der Waals surface area contributed by atoms with Gasteiger partial charge in [0.1, 0.15) is 5.75 Å². The number of aromatic nitrogens is 4. The Bertz CT molecular complexity index is 1130. The molecule has 9 heteroatoms. The molecule has 2 aromatic heterocycles. The van der Waals surface area contributed by atoms with E-state index in [1.54, 1.807) is 6.07 Å². The standard InChI is InChI=1S/C20H17ClN4O3S/c1-12-4-3-5-14(8-12)19-24-23-18(27-19)11-29-20-25-22-17(28-20)10-26-16-7-6-15(21)9-13(16)2/h3-9H,10-11H2,1-2H3. The van der Waals surface area contributed by atoms with Crippen LogP contribution in [-0.2, 0) is 12.4 Å². The first-order valence-corrected chi connectivity index (χ1v) is 10.2. The summed E-state index contributed by atoms with van der Waals surface area (Å²) >= 11 is 7.27. The van der Waals surface area contributed by atoms with Gasteiger partial charge in [-0.05, 0) is 49.7 Å². The predicted molar refractivity (Wildman–Crippen MR) is 109 cm³/mol. The van der Waals surface area contributed by atoms with E-state index in [2.05, 4.69) is 20.4 Å². The maximum Gasteiger partial charge on any atom is 0.277 e. The van der Waals surface area contributed by atoms with Crippen molar-refractivity contribution in [3.8, 4) is 17.2 Å². The number of nitrogens with zero attached hydrogens (tertiary/aromatic N) is 4. The second-order valence-corrected chi connectivity index (χ2v) is 7.68. The third-order valence-corrected chi connectivity index (χ3v) is 5.03. The predicted octanol–water partition coefficient (Wildman–Crippen LogP) is 5.26. The van der Waals surface area contributed by atoms with Crippen molar-refractivity contribution in [3.63, 3.8) is 0 Å². The van der Waals surface area contributed by atoms with Crippen molar-refractivity contribution in [2.75, 3.05) is 0 Å². The van der Waals surface area contributed by atoms with Crippen LogP contribution in [0, 0.1) is 13.8 Å². The Morgan fingerprint density at radius 3 is 2.66 bits per heavy atom. The van der Waals surface area contributed by atoms with E-state index < -0.39 is 0 Å². The van der Waals surface area contributed by atoms with Crippen molar-refractivity contribution in [1.82, 2.24) is 20.4 Å². The van der Waals surface area contributed by atoms with Gasteiger partial charge in [-0.2, -0.15) is 0 Å². The highest BCUT2D eigenvalue weighted by atomic mass is 35.5. The molecular weight excluding hydrogens is 412 g/mol. The number of rotatable bonds is 7. The van der Waals surface area contributed by atoms with Crippen molar-refractivity contribution in [2.24, 2.45) is 0 Å². The van der Waals surface area contributed by atoms with Crippen LogP contribution < -0.4 is 4.74 Å². The van der Waals surface area contributed by atoms with Crippen molar-refractivity contribution in [2.45, 2.75) is 31.4 Å². The molecule has 2 heterocycles. The van der Waals surface area contributed by atoms with Gasteiger partial charge in [-0.25, -0.2) is 0 Å². The molecule has 0 bridgehead atoms. The average molecular weight is 429 g/mol. The number of ether oxygens (including phenoxy) is 1. The summed E-state index contributed by atoms with van der Waals surface area (Å²) in [5, 5.41) is 17.3. The summed E-state index contributed by atoms with van der Waals surface area (Å²) in [5.74, 6) is 2.50. The molecule has 4 aromatic rings. The Labute approximate surface area is 176 Å². The van der Waals surface area contributed by atoms with Gasteiger partial charge in [0.15, 0.2) is 6.61 Å². The zero-order chi connectivity index (χ0) is 20.2. The first-order chi connectivity index (χ1) is 14.1. The zero-order valence-corrected chi connectivity index (χ0v) is 17.3. The fraction of sp³-hybridized carbons (Fsp3) is 0.200. The molecule has 0 radical (unpaired) electrons. The molecule has 2 aromatic carbocycles. The molecule has 0 aliphatic heterocycles. The molecular formula is C20H17ClN4O3S. The normalized spacial score (nSPS) is 11.0. The first-order valence-electron chi connectivity index (χ1n) is 8.80. The largest absolute Gasteiger partial charge is 0.484 e. The third-order valence-electron chi connectivity index (χ3n) is 3.99. The van der Waals surface area contributed by atoms with Gasteiger partial charge in [0.25, 0.3) is 11.1 Å². The van der Waals surface area contributed by atoms with Gasteiger partial charge in [0.05, 0.1) is 5.75 Å². The van der Waals surface area contributed by atoms with Gasteiger partial charge in [-0.1, -0.05) is 41.1 Å². The Morgan fingerprint density at radius 1 is 0.966 bits per heavy atom. The van der Waals surface area contributed by atoms with Crippen LogP contribution in [0.3, 0.4) is 0 Å². The molecule has 148 valence electrons. The van der Waals surface area contributed by atoms with E-state index >= 15 is 0 Å². The minimum atomic E-state index is 0.175. The van der Waals surface area contributed by atoms with E-state index in [9.17, 15) is 0 Å². The smallest absolute Gasteiger partial charge is 0.277 e. The van der Waals surface area contributed by atoms with Gasteiger partial charge < -0.3 is 13.6 Å². The Kier molecular flexibility index (Phi) is 5.82. The molecule has 0 N–H and O–H groups in total. The lowest BCUT2D eigenvalue weighted by atomic mass is 10.1. The number of aryl methyl sites for hydroxylation is 2. The van der Waals surface area contributed by atoms with E-state index in [4.69, 9.17) is 25.2 Å². The van der Waals surface area contributed by atoms with E-state index in [1.165, 1.54) is 11.8 Å². The second-order valence-electron chi connectivity index (χ2n) is 6.32. The van der Waals surface area contributed by atoms with E-state index in [1.807, 2.05) is 50.2 Å². The number of hydrogen-bond donors (Lipinski definition) is 0. The average Bonchev–Trinajstić information content (AvgIpc) is 3.35. The highest BCUT2D eigenvalue weighted by Gasteiger charge is 2.13. The summed E-state index contributed by atoms with van der Waals surface area (Å²) in [6.45, 7) is 4.11. The van der Waals surface area contributed by atoms with Gasteiger partial charge in [0, 0.05) is 10.6 Å². The van der Waals surface area contributed by atoms with Crippen molar-refractivity contribution in [1.29, 1.82) is 0 Å². The lowest BCUT2D eigenvalue weighted by Crippen LogP contribution is -1.97. The van der Waals surface area contributed by atoms with Crippen molar-refractivity contribution >= 4 is 23.4 Å². The van der Waals surface area contributed by atoms with E-state index in [0.29, 0.717) is 33.7 Å². The summed E-state index contributed by atoms with van der Waals surface area (Å²) in [6.07, 6.45) is 0. The SMILES string of the molecule is Cc1cccc(-c2nnc(CSc3nnc(COc4ccc(Cl)cc4C)o3)o2)c1. The van der Waals surface area contributed by atoms with Gasteiger partial charge in [-0.3, -0.25) is 0 Å². The minimum Gasteiger partial charge on any atom is -0.484 e. The topological polar surface area (TPSA) is 87.1 Å². The van der Waals surface area contributed by atoms with Crippen LogP contribution in [0.5, 0.6) is 5.75 Å². The second kappa shape index (κ2) is 8.67. The van der Waals surface area contributed by atoms with Crippen LogP contribution in [0.15, 0.2) is 56.5 Å². The number of benzene rings is 2. The molecule has 0 fully saturated rings. The Hall–Kier alpha value is -2.84. The molecule has 0 spiro atoms. The number of halogens is 1. The molecule has 0 aliphatic carbocycles. The Morgan fingerprint density at radius 2 is 1.83 bits per heavy atom. The van der Waals surface area contributed by atoms with Crippen LogP contribution in [-0.4, -0.2) is 20.4 Å². The number of thioether (sulfide) groups is 1. The fourth-order valence-electron chi connectivity index (χ4n) is 2.60. The van der Waals surface area contributed by atoms with Gasteiger partial charge in [-0.15, -0.1) is 20.4 Å². The summed E-state index contributed by atoms with van der Waals surface area (Å²) in [5.41, 5.74) is 2.96. The van der Waals surface area contributed by atoms with Crippen LogP contribution in [0.25, 0.3) is 11.5 Å². The Balaban J connectivity index is 1.33. The van der Waals surface area contributed by atoms with Gasteiger partial charge in [0.2, 0.25) is 11.8 Å². The molecule has 0 amide bonds. The summed E-state index contributed by atoms with van der Waals surface area (Å²) in [4.78, 5) is 0. The lowest BCUT2D eigenvalue weighted by molar-refractivity contribution is 0.250. The van der Waals surface area contributed by atoms with Crippen LogP contribution in [0.2, 0.25) is 5.02 Å². The highest BCUT2D eigenvalue weighted by Crippen LogP contribution is 2.25. The molecule has 7 nitrogen and oxygen atoms in total. The molecule has 0 unspecified atom stereocenters. The zero-order valence-electron chi connectivity index (χ0n) is 15.8. The third kappa shape index (κ3) is 4.96. The molecule has 4 rings (SSSR count). The lowest BCUT2D eigenvalue weighted by Gasteiger charge is -2.06. The minimum absolute atomic E-state index is 0.175. The summed E-state index contributed by atoms with van der Waals surface area (Å²) in [7, 11) is 0. The molecule has 0 saturated carbocycles. The van der Waals surface area contributed by atoms with E-state index in [0.717, 1.165) is 22.4 Å². The molecule has 29 heavy (non-hydrogen) atoms. The maximum absolute atomic E-state index is 5.95. The van der Waals surface area contributed by atoms with Crippen LogP contribution >= 0.6 is 23.4 Å². The van der Waals surface area contributed by atoms with E-state index in [-0.39, 0.29) is 6.61 Å². The fourth-order valence-corrected chi connectivity index (χ4v) is 3.44. The quantitative estimate of drug-likeness (QED) is 0.368. The summed E-state index contributed by atoms with van der Waals surface area (Å²) < 4.78 is 17.0. The van der Waals surface area contributed by atoms with Crippen molar-refractivity contribution < 1.29 is 13.6 Å². The maximum atomic E-state index is 5.95. The van der Waals surface area contributed by atoms with Crippen molar-refractivity contribution in [3.05, 3.63) is 70.4 Å². The number of hydrogen-bond acceptors (Lipinski definition) is 8. The molecule has 0 aliphatic rings. The summed E-state index contributed by atoms with van der Waals surface area (Å²) in [6, 6.07) is 13.3. The highest BCUT2D eigenvalue weighted by molar-refractivity contribution is 7.98. The molecule has 0 saturated heterocycles. The molecule has 0 atom stereocenters. The first kappa shape index (κ1) is 19.5. The van der Waals surface area contributed by atoms with Gasteiger partial charge >= 0.3 is 0 Å². The van der Waals surface area contributed by atoms with Crippen LogP contribution in [0.1, 0.15) is 22.9 Å².